The van der Waals surface area contributed by atoms with Crippen LogP contribution in [0.2, 0.25) is 0 Å². The zero-order chi connectivity index (χ0) is 10.6. The number of aromatic nitrogens is 2. The normalized spacial score (nSPS) is 13.5. The first-order valence-electron chi connectivity index (χ1n) is 4.96. The third kappa shape index (κ3) is 3.03. The number of aryl methyl sites for hydroxylation is 1. The van der Waals surface area contributed by atoms with E-state index >= 15 is 0 Å². The first-order valence-corrected chi connectivity index (χ1v) is 6.01. The summed E-state index contributed by atoms with van der Waals surface area (Å²) in [4.78, 5) is 0. The summed E-state index contributed by atoms with van der Waals surface area (Å²) in [5.41, 5.74) is 0.917. The van der Waals surface area contributed by atoms with Crippen molar-refractivity contribution in [3.63, 3.8) is 0 Å². The number of hydrogen-bond acceptors (Lipinski definition) is 3. The standard InChI is InChI=1S/C10H18N2OS/c1-4-12-9(5-6-11-12)10(13)7-14-8(2)3/h5-6,8,10,13H,4,7H2,1-3H3. The predicted octanol–water partition coefficient (Wildman–Crippen LogP) is 2.08. The molecule has 1 aromatic rings. The molecule has 14 heavy (non-hydrogen) atoms. The van der Waals surface area contributed by atoms with Crippen LogP contribution in [0.3, 0.4) is 0 Å². The van der Waals surface area contributed by atoms with E-state index in [1.807, 2.05) is 17.7 Å². The molecule has 0 aliphatic heterocycles. The van der Waals surface area contributed by atoms with E-state index in [0.717, 1.165) is 18.0 Å². The predicted molar refractivity (Wildman–Crippen MR) is 60.5 cm³/mol. The molecule has 80 valence electrons. The minimum atomic E-state index is -0.398. The summed E-state index contributed by atoms with van der Waals surface area (Å²) in [6, 6.07) is 1.88. The van der Waals surface area contributed by atoms with Crippen molar-refractivity contribution < 1.29 is 5.11 Å². The Morgan fingerprint density at radius 1 is 1.57 bits per heavy atom. The molecule has 0 amide bonds. The van der Waals surface area contributed by atoms with Crippen molar-refractivity contribution in [3.8, 4) is 0 Å². The maximum absolute atomic E-state index is 9.89. The van der Waals surface area contributed by atoms with Crippen LogP contribution in [0.5, 0.6) is 0 Å². The van der Waals surface area contributed by atoms with E-state index in [1.165, 1.54) is 0 Å². The van der Waals surface area contributed by atoms with Crippen LogP contribution in [0.4, 0.5) is 0 Å². The van der Waals surface area contributed by atoms with Crippen LogP contribution in [-0.4, -0.2) is 25.9 Å². The quantitative estimate of drug-likeness (QED) is 0.815. The van der Waals surface area contributed by atoms with Gasteiger partial charge in [0, 0.05) is 18.5 Å². The maximum atomic E-state index is 9.89. The van der Waals surface area contributed by atoms with Crippen LogP contribution in [0.15, 0.2) is 12.3 Å². The molecular formula is C10H18N2OS. The molecule has 4 heteroatoms. The lowest BCUT2D eigenvalue weighted by atomic mass is 10.3. The lowest BCUT2D eigenvalue weighted by Crippen LogP contribution is -2.10. The molecule has 1 rings (SSSR count). The molecule has 0 radical (unpaired) electrons. The zero-order valence-electron chi connectivity index (χ0n) is 8.97. The molecule has 0 bridgehead atoms. The molecule has 0 aliphatic rings. The topological polar surface area (TPSA) is 38.0 Å². The van der Waals surface area contributed by atoms with E-state index in [1.54, 1.807) is 18.0 Å². The number of nitrogens with zero attached hydrogens (tertiary/aromatic N) is 2. The molecule has 0 aliphatic carbocycles. The van der Waals surface area contributed by atoms with Gasteiger partial charge in [0.15, 0.2) is 0 Å². The van der Waals surface area contributed by atoms with Gasteiger partial charge in [0.25, 0.3) is 0 Å². The monoisotopic (exact) mass is 214 g/mol. The van der Waals surface area contributed by atoms with E-state index in [9.17, 15) is 5.11 Å². The van der Waals surface area contributed by atoms with Gasteiger partial charge in [-0.2, -0.15) is 16.9 Å². The fourth-order valence-corrected chi connectivity index (χ4v) is 2.00. The average Bonchev–Trinajstić information content (AvgIpc) is 2.61. The average molecular weight is 214 g/mol. The van der Waals surface area contributed by atoms with Gasteiger partial charge >= 0.3 is 0 Å². The van der Waals surface area contributed by atoms with Crippen molar-refractivity contribution in [2.45, 2.75) is 38.7 Å². The number of thioether (sulfide) groups is 1. The minimum Gasteiger partial charge on any atom is -0.386 e. The third-order valence-corrected chi connectivity index (χ3v) is 3.15. The molecule has 1 aromatic heterocycles. The molecular weight excluding hydrogens is 196 g/mol. The summed E-state index contributed by atoms with van der Waals surface area (Å²) in [5, 5.41) is 14.6. The second-order valence-corrected chi connectivity index (χ2v) is 5.08. The summed E-state index contributed by atoms with van der Waals surface area (Å²) in [6.07, 6.45) is 1.34. The summed E-state index contributed by atoms with van der Waals surface area (Å²) >= 11 is 1.77. The molecule has 1 unspecified atom stereocenters. The zero-order valence-corrected chi connectivity index (χ0v) is 9.79. The Labute approximate surface area is 89.5 Å². The van der Waals surface area contributed by atoms with Gasteiger partial charge in [0.1, 0.15) is 6.10 Å². The number of aliphatic hydroxyl groups is 1. The molecule has 1 atom stereocenters. The fourth-order valence-electron chi connectivity index (χ4n) is 1.26. The fraction of sp³-hybridized carbons (Fsp3) is 0.700. The third-order valence-electron chi connectivity index (χ3n) is 1.98. The molecule has 0 saturated heterocycles. The SMILES string of the molecule is CCn1nccc1C(O)CSC(C)C. The van der Waals surface area contributed by atoms with E-state index in [0.29, 0.717) is 5.25 Å². The summed E-state index contributed by atoms with van der Waals surface area (Å²) in [7, 11) is 0. The Balaban J connectivity index is 2.55. The van der Waals surface area contributed by atoms with Crippen LogP contribution in [0.1, 0.15) is 32.6 Å². The Morgan fingerprint density at radius 2 is 2.29 bits per heavy atom. The second-order valence-electron chi connectivity index (χ2n) is 3.47. The van der Waals surface area contributed by atoms with Gasteiger partial charge in [0.2, 0.25) is 0 Å². The highest BCUT2D eigenvalue weighted by Crippen LogP contribution is 2.20. The molecule has 1 N–H and O–H groups in total. The lowest BCUT2D eigenvalue weighted by Gasteiger charge is -2.13. The Morgan fingerprint density at radius 3 is 2.86 bits per heavy atom. The summed E-state index contributed by atoms with van der Waals surface area (Å²) in [6.45, 7) is 7.10. The largest absolute Gasteiger partial charge is 0.386 e. The Bertz CT molecular complexity index is 273. The van der Waals surface area contributed by atoms with Crippen LogP contribution in [-0.2, 0) is 6.54 Å². The Kier molecular flexibility index (Phi) is 4.48. The van der Waals surface area contributed by atoms with E-state index < -0.39 is 6.10 Å². The molecule has 3 nitrogen and oxygen atoms in total. The highest BCUT2D eigenvalue weighted by molar-refractivity contribution is 7.99. The van der Waals surface area contributed by atoms with Gasteiger partial charge < -0.3 is 5.11 Å². The van der Waals surface area contributed by atoms with Crippen LogP contribution in [0, 0.1) is 0 Å². The molecule has 0 fully saturated rings. The van der Waals surface area contributed by atoms with Crippen LogP contribution in [0.25, 0.3) is 0 Å². The molecule has 0 spiro atoms. The molecule has 1 heterocycles. The van der Waals surface area contributed by atoms with Crippen molar-refractivity contribution in [3.05, 3.63) is 18.0 Å². The Hall–Kier alpha value is -0.480. The maximum Gasteiger partial charge on any atom is 0.105 e. The van der Waals surface area contributed by atoms with Crippen LogP contribution < -0.4 is 0 Å². The van der Waals surface area contributed by atoms with E-state index in [-0.39, 0.29) is 0 Å². The van der Waals surface area contributed by atoms with Crippen molar-refractivity contribution in [1.82, 2.24) is 9.78 Å². The second kappa shape index (κ2) is 5.41. The highest BCUT2D eigenvalue weighted by atomic mass is 32.2. The van der Waals surface area contributed by atoms with Gasteiger partial charge in [-0.1, -0.05) is 13.8 Å². The van der Waals surface area contributed by atoms with Crippen molar-refractivity contribution >= 4 is 11.8 Å². The van der Waals surface area contributed by atoms with Gasteiger partial charge in [-0.3, -0.25) is 4.68 Å². The first-order chi connectivity index (χ1) is 6.65. The van der Waals surface area contributed by atoms with Crippen molar-refractivity contribution in [1.29, 1.82) is 0 Å². The number of hydrogen-bond donors (Lipinski definition) is 1. The van der Waals surface area contributed by atoms with Crippen molar-refractivity contribution in [2.24, 2.45) is 0 Å². The lowest BCUT2D eigenvalue weighted by molar-refractivity contribution is 0.192. The highest BCUT2D eigenvalue weighted by Gasteiger charge is 2.12. The van der Waals surface area contributed by atoms with Crippen molar-refractivity contribution in [2.75, 3.05) is 5.75 Å². The summed E-state index contributed by atoms with van der Waals surface area (Å²) in [5.74, 6) is 0.739. The van der Waals surface area contributed by atoms with E-state index in [2.05, 4.69) is 18.9 Å². The number of rotatable bonds is 5. The van der Waals surface area contributed by atoms with Gasteiger partial charge in [-0.25, -0.2) is 0 Å². The van der Waals surface area contributed by atoms with Gasteiger partial charge in [-0.05, 0) is 18.2 Å². The summed E-state index contributed by atoms with van der Waals surface area (Å²) < 4.78 is 1.84. The van der Waals surface area contributed by atoms with Gasteiger partial charge in [0.05, 0.1) is 5.69 Å². The van der Waals surface area contributed by atoms with E-state index in [4.69, 9.17) is 0 Å². The first kappa shape index (κ1) is 11.6. The molecule has 0 saturated carbocycles. The molecule has 0 aromatic carbocycles. The smallest absolute Gasteiger partial charge is 0.105 e. The van der Waals surface area contributed by atoms with Crippen LogP contribution >= 0.6 is 11.8 Å². The van der Waals surface area contributed by atoms with Gasteiger partial charge in [-0.15, -0.1) is 0 Å². The minimum absolute atomic E-state index is 0.398. The number of aliphatic hydroxyl groups excluding tert-OH is 1.